The molecule has 0 aromatic heterocycles. The molecule has 1 aliphatic rings. The number of hydrogen-bond donors (Lipinski definition) is 3. The normalized spacial score (nSPS) is 19.9. The Balaban J connectivity index is 2.96. The van der Waals surface area contributed by atoms with Gasteiger partial charge in [-0.3, -0.25) is 10.4 Å². The van der Waals surface area contributed by atoms with Gasteiger partial charge < -0.3 is 15.2 Å². The summed E-state index contributed by atoms with van der Waals surface area (Å²) < 4.78 is 5.76. The van der Waals surface area contributed by atoms with Crippen LogP contribution >= 0.6 is 0 Å². The van der Waals surface area contributed by atoms with Crippen LogP contribution in [0.3, 0.4) is 0 Å². The maximum absolute atomic E-state index is 9.33. The Morgan fingerprint density at radius 3 is 2.68 bits per heavy atom. The molecular formula is C17H29N3O2. The van der Waals surface area contributed by atoms with E-state index in [0.717, 1.165) is 31.5 Å². The summed E-state index contributed by atoms with van der Waals surface area (Å²) >= 11 is 0. The summed E-state index contributed by atoms with van der Waals surface area (Å²) in [5.41, 5.74) is 0.717. The predicted molar refractivity (Wildman–Crippen MR) is 91.8 cm³/mol. The van der Waals surface area contributed by atoms with Crippen molar-refractivity contribution < 1.29 is 9.84 Å². The lowest BCUT2D eigenvalue weighted by Gasteiger charge is -2.38. The zero-order valence-electron chi connectivity index (χ0n) is 13.8. The van der Waals surface area contributed by atoms with Gasteiger partial charge in [0.15, 0.2) is 5.90 Å². The summed E-state index contributed by atoms with van der Waals surface area (Å²) in [4.78, 5) is 4.10. The monoisotopic (exact) mass is 307 g/mol. The maximum atomic E-state index is 9.33. The van der Waals surface area contributed by atoms with Gasteiger partial charge >= 0.3 is 0 Å². The van der Waals surface area contributed by atoms with Crippen molar-refractivity contribution in [2.45, 2.75) is 38.7 Å². The zero-order chi connectivity index (χ0) is 16.4. The minimum atomic E-state index is -0.329. The SMILES string of the molecule is C=C/C=C(\C=NC)CC1(C(=N)OC(CC)CO)CCNCC1. The number of rotatable bonds is 8. The summed E-state index contributed by atoms with van der Waals surface area (Å²) in [6, 6.07) is 0. The van der Waals surface area contributed by atoms with Gasteiger partial charge in [0.25, 0.3) is 0 Å². The minimum Gasteiger partial charge on any atom is -0.475 e. The number of nitrogens with one attached hydrogen (secondary N) is 2. The van der Waals surface area contributed by atoms with E-state index < -0.39 is 0 Å². The maximum Gasteiger partial charge on any atom is 0.187 e. The zero-order valence-corrected chi connectivity index (χ0v) is 13.8. The van der Waals surface area contributed by atoms with Gasteiger partial charge in [0.1, 0.15) is 6.10 Å². The Bertz CT molecular complexity index is 420. The fourth-order valence-corrected chi connectivity index (χ4v) is 2.79. The van der Waals surface area contributed by atoms with Crippen LogP contribution in [0.5, 0.6) is 0 Å². The van der Waals surface area contributed by atoms with E-state index in [0.29, 0.717) is 12.8 Å². The molecule has 0 radical (unpaired) electrons. The second kappa shape index (κ2) is 9.54. The van der Waals surface area contributed by atoms with Crippen LogP contribution in [0, 0.1) is 10.8 Å². The average molecular weight is 307 g/mol. The minimum absolute atomic E-state index is 0.0566. The largest absolute Gasteiger partial charge is 0.475 e. The molecule has 3 N–H and O–H groups in total. The molecule has 1 heterocycles. The van der Waals surface area contributed by atoms with Crippen molar-refractivity contribution in [2.24, 2.45) is 10.4 Å². The standard InChI is InChI=1S/C17H29N3O2/c1-4-6-14(12-19-3)11-17(7-9-20-10-8-17)16(18)22-15(5-2)13-21/h4,6,12,15,18,20-21H,1,5,7-11,13H2,2-3H3/b14-6-,18-16?,19-12?. The lowest BCUT2D eigenvalue weighted by Crippen LogP contribution is -2.44. The van der Waals surface area contributed by atoms with Gasteiger partial charge in [-0.2, -0.15) is 0 Å². The molecule has 0 spiro atoms. The first kappa shape index (κ1) is 18.6. The number of hydrogen-bond acceptors (Lipinski definition) is 5. The van der Waals surface area contributed by atoms with E-state index in [-0.39, 0.29) is 24.0 Å². The summed E-state index contributed by atoms with van der Waals surface area (Å²) in [6.07, 6.45) is 8.30. The molecule has 0 aromatic carbocycles. The first-order valence-corrected chi connectivity index (χ1v) is 7.93. The van der Waals surface area contributed by atoms with Crippen LogP contribution in [0.25, 0.3) is 0 Å². The highest BCUT2D eigenvalue weighted by Crippen LogP contribution is 2.37. The predicted octanol–water partition coefficient (Wildman–Crippen LogP) is 2.32. The number of ether oxygens (including phenoxy) is 1. The van der Waals surface area contributed by atoms with Crippen LogP contribution in [0.4, 0.5) is 0 Å². The number of piperidine rings is 1. The molecule has 0 aliphatic carbocycles. The Kier molecular flexibility index (Phi) is 8.06. The molecule has 1 fully saturated rings. The number of aliphatic hydroxyl groups excluding tert-OH is 1. The molecule has 5 nitrogen and oxygen atoms in total. The highest BCUT2D eigenvalue weighted by molar-refractivity contribution is 5.85. The first-order chi connectivity index (χ1) is 10.6. The first-order valence-electron chi connectivity index (χ1n) is 7.93. The van der Waals surface area contributed by atoms with Crippen molar-refractivity contribution in [3.05, 3.63) is 24.3 Å². The molecule has 5 heteroatoms. The number of allylic oxidation sites excluding steroid dienone is 3. The van der Waals surface area contributed by atoms with E-state index in [1.807, 2.05) is 19.2 Å². The van der Waals surface area contributed by atoms with Crippen LogP contribution in [0.15, 0.2) is 29.3 Å². The highest BCUT2D eigenvalue weighted by Gasteiger charge is 2.39. The molecule has 1 aliphatic heterocycles. The van der Waals surface area contributed by atoms with Gasteiger partial charge in [-0.15, -0.1) is 0 Å². The molecule has 1 atom stereocenters. The summed E-state index contributed by atoms with van der Waals surface area (Å²) in [5.74, 6) is 0.286. The van der Waals surface area contributed by atoms with Gasteiger partial charge in [0.05, 0.1) is 12.0 Å². The molecule has 124 valence electrons. The molecule has 1 unspecified atom stereocenters. The van der Waals surface area contributed by atoms with Crippen molar-refractivity contribution in [3.63, 3.8) is 0 Å². The van der Waals surface area contributed by atoms with Crippen molar-refractivity contribution in [1.29, 1.82) is 5.41 Å². The molecule has 0 saturated carbocycles. The smallest absolute Gasteiger partial charge is 0.187 e. The average Bonchev–Trinajstić information content (AvgIpc) is 2.53. The Hall–Kier alpha value is -1.46. The van der Waals surface area contributed by atoms with Gasteiger partial charge in [-0.25, -0.2) is 0 Å². The van der Waals surface area contributed by atoms with E-state index in [4.69, 9.17) is 10.1 Å². The lowest BCUT2D eigenvalue weighted by molar-refractivity contribution is 0.0786. The molecule has 0 amide bonds. The van der Waals surface area contributed by atoms with Gasteiger partial charge in [-0.05, 0) is 44.3 Å². The van der Waals surface area contributed by atoms with Crippen LogP contribution < -0.4 is 5.32 Å². The molecule has 0 aromatic rings. The van der Waals surface area contributed by atoms with E-state index in [1.165, 1.54) is 0 Å². The van der Waals surface area contributed by atoms with Crippen molar-refractivity contribution in [3.8, 4) is 0 Å². The third-order valence-corrected chi connectivity index (χ3v) is 4.16. The fraction of sp³-hybridized carbons (Fsp3) is 0.647. The molecule has 1 rings (SSSR count). The highest BCUT2D eigenvalue weighted by atomic mass is 16.5. The van der Waals surface area contributed by atoms with Crippen molar-refractivity contribution in [1.82, 2.24) is 5.32 Å². The molecular weight excluding hydrogens is 278 g/mol. The van der Waals surface area contributed by atoms with Gasteiger partial charge in [0.2, 0.25) is 0 Å². The second-order valence-electron chi connectivity index (χ2n) is 5.73. The third-order valence-electron chi connectivity index (χ3n) is 4.16. The van der Waals surface area contributed by atoms with E-state index >= 15 is 0 Å². The van der Waals surface area contributed by atoms with Crippen molar-refractivity contribution >= 4 is 12.1 Å². The lowest BCUT2D eigenvalue weighted by atomic mass is 9.73. The molecule has 0 bridgehead atoms. The van der Waals surface area contributed by atoms with Crippen molar-refractivity contribution in [2.75, 3.05) is 26.7 Å². The Labute approximate surface area is 133 Å². The van der Waals surface area contributed by atoms with Crippen LogP contribution in [0.2, 0.25) is 0 Å². The number of aliphatic hydroxyl groups is 1. The number of aliphatic imine (C=N–C) groups is 1. The van der Waals surface area contributed by atoms with Crippen LogP contribution in [-0.4, -0.2) is 50.1 Å². The third kappa shape index (κ3) is 5.07. The second-order valence-corrected chi connectivity index (χ2v) is 5.73. The quantitative estimate of drug-likeness (QED) is 0.366. The van der Waals surface area contributed by atoms with Crippen LogP contribution in [-0.2, 0) is 4.74 Å². The topological polar surface area (TPSA) is 77.7 Å². The fourth-order valence-electron chi connectivity index (χ4n) is 2.79. The van der Waals surface area contributed by atoms with Gasteiger partial charge in [-0.1, -0.05) is 25.7 Å². The Morgan fingerprint density at radius 2 is 2.18 bits per heavy atom. The van der Waals surface area contributed by atoms with Crippen LogP contribution in [0.1, 0.15) is 32.6 Å². The molecule has 1 saturated heterocycles. The van der Waals surface area contributed by atoms with E-state index in [1.54, 1.807) is 13.1 Å². The Morgan fingerprint density at radius 1 is 1.50 bits per heavy atom. The summed E-state index contributed by atoms with van der Waals surface area (Å²) in [7, 11) is 1.74. The summed E-state index contributed by atoms with van der Waals surface area (Å²) in [6.45, 7) is 7.38. The molecule has 22 heavy (non-hydrogen) atoms. The van der Waals surface area contributed by atoms with E-state index in [9.17, 15) is 5.11 Å². The number of nitrogens with zero attached hydrogens (tertiary/aromatic N) is 1. The van der Waals surface area contributed by atoms with Gasteiger partial charge in [0, 0.05) is 13.3 Å². The van der Waals surface area contributed by atoms with E-state index in [2.05, 4.69) is 16.9 Å². The summed E-state index contributed by atoms with van der Waals surface area (Å²) in [5, 5.41) is 21.1.